The van der Waals surface area contributed by atoms with E-state index in [0.717, 1.165) is 10.0 Å². The fourth-order valence-corrected chi connectivity index (χ4v) is 2.41. The number of rotatable bonds is 4. The van der Waals surface area contributed by atoms with Gasteiger partial charge in [-0.25, -0.2) is 0 Å². The second-order valence-electron chi connectivity index (χ2n) is 5.06. The molecule has 22 heavy (non-hydrogen) atoms. The second kappa shape index (κ2) is 7.22. The maximum Gasteiger partial charge on any atom is 0.253 e. The first-order valence-corrected chi connectivity index (χ1v) is 7.61. The van der Waals surface area contributed by atoms with Crippen molar-refractivity contribution >= 4 is 27.7 Å². The van der Waals surface area contributed by atoms with E-state index in [1.165, 1.54) is 4.90 Å². The van der Waals surface area contributed by atoms with Crippen molar-refractivity contribution in [2.75, 3.05) is 14.1 Å². The highest BCUT2D eigenvalue weighted by Gasteiger charge is 2.10. The smallest absolute Gasteiger partial charge is 0.253 e. The highest BCUT2D eigenvalue weighted by molar-refractivity contribution is 9.10. The van der Waals surface area contributed by atoms with Crippen molar-refractivity contribution in [2.45, 2.75) is 6.54 Å². The van der Waals surface area contributed by atoms with Crippen molar-refractivity contribution in [1.82, 2.24) is 10.2 Å². The summed E-state index contributed by atoms with van der Waals surface area (Å²) >= 11 is 3.36. The highest BCUT2D eigenvalue weighted by Crippen LogP contribution is 2.15. The lowest BCUT2D eigenvalue weighted by Crippen LogP contribution is -2.23. The van der Waals surface area contributed by atoms with Gasteiger partial charge in [0.1, 0.15) is 0 Å². The van der Waals surface area contributed by atoms with Gasteiger partial charge in [-0.1, -0.05) is 24.3 Å². The molecule has 0 unspecified atom stereocenters. The Bertz CT molecular complexity index is 681. The monoisotopic (exact) mass is 360 g/mol. The molecule has 0 aliphatic carbocycles. The SMILES string of the molecule is CN(C)C(=O)c1ccc(CNC(=O)c2ccccc2Br)cc1. The zero-order chi connectivity index (χ0) is 16.1. The predicted octanol–water partition coefficient (Wildman–Crippen LogP) is 3.08. The van der Waals surface area contributed by atoms with Crippen LogP contribution in [-0.4, -0.2) is 30.8 Å². The molecule has 2 aromatic carbocycles. The molecule has 0 aliphatic rings. The molecule has 5 heteroatoms. The van der Waals surface area contributed by atoms with Gasteiger partial charge in [0.2, 0.25) is 0 Å². The zero-order valence-electron chi connectivity index (χ0n) is 12.5. The lowest BCUT2D eigenvalue weighted by atomic mass is 10.1. The van der Waals surface area contributed by atoms with Crippen molar-refractivity contribution in [2.24, 2.45) is 0 Å². The molecule has 0 spiro atoms. The fraction of sp³-hybridized carbons (Fsp3) is 0.176. The molecule has 0 bridgehead atoms. The Morgan fingerprint density at radius 3 is 2.27 bits per heavy atom. The van der Waals surface area contributed by atoms with Gasteiger partial charge in [-0.15, -0.1) is 0 Å². The highest BCUT2D eigenvalue weighted by atomic mass is 79.9. The van der Waals surface area contributed by atoms with Crippen LogP contribution >= 0.6 is 15.9 Å². The average Bonchev–Trinajstić information content (AvgIpc) is 2.52. The number of carbonyl (C=O) groups excluding carboxylic acids is 2. The Hall–Kier alpha value is -2.14. The zero-order valence-corrected chi connectivity index (χ0v) is 14.1. The van der Waals surface area contributed by atoms with Gasteiger partial charge < -0.3 is 10.2 Å². The molecule has 0 aliphatic heterocycles. The van der Waals surface area contributed by atoms with Gasteiger partial charge in [-0.2, -0.15) is 0 Å². The van der Waals surface area contributed by atoms with Gasteiger partial charge in [0, 0.05) is 30.7 Å². The summed E-state index contributed by atoms with van der Waals surface area (Å²) in [5.74, 6) is -0.176. The summed E-state index contributed by atoms with van der Waals surface area (Å²) in [6.45, 7) is 0.413. The maximum atomic E-state index is 12.1. The van der Waals surface area contributed by atoms with Gasteiger partial charge in [0.25, 0.3) is 11.8 Å². The molecule has 1 N–H and O–H groups in total. The molecule has 0 saturated heterocycles. The van der Waals surface area contributed by atoms with Crippen molar-refractivity contribution in [3.8, 4) is 0 Å². The molecule has 4 nitrogen and oxygen atoms in total. The molecule has 2 amide bonds. The molecular formula is C17H17BrN2O2. The van der Waals surface area contributed by atoms with Crippen LogP contribution in [0.1, 0.15) is 26.3 Å². The number of hydrogen-bond donors (Lipinski definition) is 1. The summed E-state index contributed by atoms with van der Waals surface area (Å²) in [6.07, 6.45) is 0. The van der Waals surface area contributed by atoms with E-state index in [1.54, 1.807) is 32.3 Å². The van der Waals surface area contributed by atoms with Crippen molar-refractivity contribution in [3.05, 3.63) is 69.7 Å². The number of benzene rings is 2. The minimum absolute atomic E-state index is 0.0381. The van der Waals surface area contributed by atoms with E-state index in [0.29, 0.717) is 17.7 Å². The molecule has 2 aromatic rings. The molecule has 0 heterocycles. The maximum absolute atomic E-state index is 12.1. The minimum Gasteiger partial charge on any atom is -0.348 e. The Morgan fingerprint density at radius 2 is 1.68 bits per heavy atom. The van der Waals surface area contributed by atoms with E-state index in [1.807, 2.05) is 30.3 Å². The van der Waals surface area contributed by atoms with Gasteiger partial charge in [-0.3, -0.25) is 9.59 Å². The quantitative estimate of drug-likeness (QED) is 0.910. The molecular weight excluding hydrogens is 344 g/mol. The van der Waals surface area contributed by atoms with Crippen molar-refractivity contribution < 1.29 is 9.59 Å². The van der Waals surface area contributed by atoms with E-state index in [2.05, 4.69) is 21.2 Å². The average molecular weight is 361 g/mol. The Balaban J connectivity index is 1.99. The van der Waals surface area contributed by atoms with Gasteiger partial charge >= 0.3 is 0 Å². The van der Waals surface area contributed by atoms with Crippen LogP contribution in [0.5, 0.6) is 0 Å². The summed E-state index contributed by atoms with van der Waals surface area (Å²) < 4.78 is 0.763. The Kier molecular flexibility index (Phi) is 5.33. The van der Waals surface area contributed by atoms with Gasteiger partial charge in [0.05, 0.1) is 5.56 Å². The first kappa shape index (κ1) is 16.2. The third-order valence-electron chi connectivity index (χ3n) is 3.18. The van der Waals surface area contributed by atoms with Crippen LogP contribution in [-0.2, 0) is 6.54 Å². The van der Waals surface area contributed by atoms with Crippen molar-refractivity contribution in [1.29, 1.82) is 0 Å². The van der Waals surface area contributed by atoms with Crippen LogP contribution in [0.15, 0.2) is 53.0 Å². The number of nitrogens with one attached hydrogen (secondary N) is 1. The largest absolute Gasteiger partial charge is 0.348 e. The normalized spacial score (nSPS) is 10.1. The van der Waals surface area contributed by atoms with E-state index in [4.69, 9.17) is 0 Å². The van der Waals surface area contributed by atoms with Crippen LogP contribution in [0.3, 0.4) is 0 Å². The van der Waals surface area contributed by atoms with Crippen molar-refractivity contribution in [3.63, 3.8) is 0 Å². The molecule has 0 radical (unpaired) electrons. The van der Waals surface area contributed by atoms with Gasteiger partial charge in [-0.05, 0) is 45.8 Å². The standard InChI is InChI=1S/C17H17BrN2O2/c1-20(2)17(22)13-9-7-12(8-10-13)11-19-16(21)14-5-3-4-6-15(14)18/h3-10H,11H2,1-2H3,(H,19,21). The Morgan fingerprint density at radius 1 is 1.05 bits per heavy atom. The third kappa shape index (κ3) is 3.95. The lowest BCUT2D eigenvalue weighted by molar-refractivity contribution is 0.0827. The summed E-state index contributed by atoms with van der Waals surface area (Å²) in [5.41, 5.74) is 2.17. The van der Waals surface area contributed by atoms with Crippen LogP contribution in [0, 0.1) is 0 Å². The second-order valence-corrected chi connectivity index (χ2v) is 5.91. The first-order chi connectivity index (χ1) is 10.5. The minimum atomic E-state index is -0.138. The van der Waals surface area contributed by atoms with E-state index >= 15 is 0 Å². The number of carbonyl (C=O) groups is 2. The van der Waals surface area contributed by atoms with Crippen LogP contribution in [0.4, 0.5) is 0 Å². The number of nitrogens with zero attached hydrogens (tertiary/aromatic N) is 1. The first-order valence-electron chi connectivity index (χ1n) is 6.82. The van der Waals surface area contributed by atoms with Crippen LogP contribution in [0.25, 0.3) is 0 Å². The topological polar surface area (TPSA) is 49.4 Å². The Labute approximate surface area is 138 Å². The number of amides is 2. The summed E-state index contributed by atoms with van der Waals surface area (Å²) in [6, 6.07) is 14.5. The molecule has 2 rings (SSSR count). The summed E-state index contributed by atoms with van der Waals surface area (Å²) in [4.78, 5) is 25.4. The summed E-state index contributed by atoms with van der Waals surface area (Å²) in [5, 5.41) is 2.86. The van der Waals surface area contributed by atoms with E-state index in [9.17, 15) is 9.59 Å². The number of halogens is 1. The molecule has 0 fully saturated rings. The van der Waals surface area contributed by atoms with E-state index < -0.39 is 0 Å². The molecule has 114 valence electrons. The fourth-order valence-electron chi connectivity index (χ4n) is 1.95. The van der Waals surface area contributed by atoms with Crippen LogP contribution < -0.4 is 5.32 Å². The molecule has 0 aromatic heterocycles. The number of hydrogen-bond acceptors (Lipinski definition) is 2. The molecule has 0 saturated carbocycles. The summed E-state index contributed by atoms with van der Waals surface area (Å²) in [7, 11) is 3.43. The molecule has 0 atom stereocenters. The lowest BCUT2D eigenvalue weighted by Gasteiger charge is -2.11. The van der Waals surface area contributed by atoms with Gasteiger partial charge in [0.15, 0.2) is 0 Å². The third-order valence-corrected chi connectivity index (χ3v) is 3.87. The predicted molar refractivity (Wildman–Crippen MR) is 89.8 cm³/mol. The van der Waals surface area contributed by atoms with Crippen LogP contribution in [0.2, 0.25) is 0 Å². The van der Waals surface area contributed by atoms with E-state index in [-0.39, 0.29) is 11.8 Å².